The number of fused-ring (bicyclic) bond motifs is 1. The maximum atomic E-state index is 13.3. The first kappa shape index (κ1) is 19.9. The lowest BCUT2D eigenvalue weighted by atomic mass is 10.2. The van der Waals surface area contributed by atoms with Crippen LogP contribution in [-0.2, 0) is 19.5 Å². The number of aromatic nitrogens is 3. The number of carbonyl (C=O) groups is 1. The van der Waals surface area contributed by atoms with Crippen LogP contribution in [0.15, 0.2) is 48.5 Å². The van der Waals surface area contributed by atoms with E-state index in [1.807, 2.05) is 60.1 Å². The van der Waals surface area contributed by atoms with Gasteiger partial charge in [-0.25, -0.2) is 14.5 Å². The van der Waals surface area contributed by atoms with Crippen LogP contribution in [0.5, 0.6) is 5.75 Å². The molecule has 3 aromatic rings. The van der Waals surface area contributed by atoms with Gasteiger partial charge in [-0.1, -0.05) is 36.2 Å². The molecule has 2 aromatic carbocycles. The van der Waals surface area contributed by atoms with Crippen molar-refractivity contribution < 1.29 is 9.53 Å². The highest BCUT2D eigenvalue weighted by Crippen LogP contribution is 2.29. The van der Waals surface area contributed by atoms with Crippen LogP contribution in [0.25, 0.3) is 0 Å². The minimum absolute atomic E-state index is 0.256. The van der Waals surface area contributed by atoms with Crippen molar-refractivity contribution >= 4 is 17.4 Å². The average molecular weight is 406 g/mol. The number of hydrogen-bond donors (Lipinski definition) is 1. The van der Waals surface area contributed by atoms with E-state index in [0.29, 0.717) is 17.3 Å². The van der Waals surface area contributed by atoms with E-state index in [1.165, 1.54) is 6.42 Å². The molecule has 0 bridgehead atoms. The summed E-state index contributed by atoms with van der Waals surface area (Å²) in [6.07, 6.45) is 4.37. The number of aryl methyl sites for hydroxylation is 3. The van der Waals surface area contributed by atoms with Crippen molar-refractivity contribution in [2.45, 2.75) is 45.7 Å². The highest BCUT2D eigenvalue weighted by atomic mass is 16.5. The molecule has 2 amide bonds. The largest absolute Gasteiger partial charge is 0.495 e. The summed E-state index contributed by atoms with van der Waals surface area (Å²) in [6, 6.07) is 15.0. The summed E-state index contributed by atoms with van der Waals surface area (Å²) in [6.45, 7) is 3.16. The topological polar surface area (TPSA) is 72.3 Å². The van der Waals surface area contributed by atoms with Crippen molar-refractivity contribution in [3.63, 3.8) is 0 Å². The highest BCUT2D eigenvalue weighted by Gasteiger charge is 2.23. The number of ether oxygens (including phenoxy) is 1. The fourth-order valence-corrected chi connectivity index (χ4v) is 3.67. The lowest BCUT2D eigenvalue weighted by Crippen LogP contribution is -2.35. The number of rotatable bonds is 5. The molecule has 0 spiro atoms. The Bertz CT molecular complexity index is 989. The standard InChI is InChI=1S/C23H27N5O2/c1-17-11-13-18(14-12-17)24-23(29)27(19-8-5-6-9-20(19)30-2)16-21-25-22-10-4-3-7-15-28(22)26-21/h5-6,8-9,11-14H,3-4,7,10,15-16H2,1-2H3,(H,24,29). The van der Waals surface area contributed by atoms with Crippen LogP contribution >= 0.6 is 0 Å². The lowest BCUT2D eigenvalue weighted by molar-refractivity contribution is 0.256. The van der Waals surface area contributed by atoms with Gasteiger partial charge in [-0.15, -0.1) is 0 Å². The Morgan fingerprint density at radius 3 is 2.73 bits per heavy atom. The Balaban J connectivity index is 1.63. The molecule has 0 unspecified atom stereocenters. The first-order chi connectivity index (χ1) is 14.6. The van der Waals surface area contributed by atoms with E-state index in [9.17, 15) is 4.79 Å². The molecule has 1 aliphatic rings. The molecule has 1 aliphatic heterocycles. The third kappa shape index (κ3) is 4.45. The molecule has 7 heteroatoms. The van der Waals surface area contributed by atoms with Gasteiger partial charge < -0.3 is 10.1 Å². The molecule has 30 heavy (non-hydrogen) atoms. The van der Waals surface area contributed by atoms with Gasteiger partial charge in [-0.2, -0.15) is 5.10 Å². The van der Waals surface area contributed by atoms with Gasteiger partial charge in [0, 0.05) is 18.7 Å². The number of nitrogens with zero attached hydrogens (tertiary/aromatic N) is 4. The molecule has 2 heterocycles. The summed E-state index contributed by atoms with van der Waals surface area (Å²) in [5.41, 5.74) is 2.55. The number of urea groups is 1. The minimum atomic E-state index is -0.256. The van der Waals surface area contributed by atoms with Crippen molar-refractivity contribution in [2.24, 2.45) is 0 Å². The minimum Gasteiger partial charge on any atom is -0.495 e. The summed E-state index contributed by atoms with van der Waals surface area (Å²) in [7, 11) is 1.60. The lowest BCUT2D eigenvalue weighted by Gasteiger charge is -2.24. The summed E-state index contributed by atoms with van der Waals surface area (Å²) >= 11 is 0. The van der Waals surface area contributed by atoms with Crippen LogP contribution in [0.4, 0.5) is 16.2 Å². The number of hydrogen-bond acceptors (Lipinski definition) is 4. The van der Waals surface area contributed by atoms with Crippen molar-refractivity contribution in [2.75, 3.05) is 17.3 Å². The molecule has 0 radical (unpaired) electrons. The van der Waals surface area contributed by atoms with Gasteiger partial charge >= 0.3 is 6.03 Å². The van der Waals surface area contributed by atoms with Crippen LogP contribution in [0.1, 0.15) is 36.5 Å². The Labute approximate surface area is 176 Å². The van der Waals surface area contributed by atoms with Gasteiger partial charge in [-0.05, 0) is 44.0 Å². The van der Waals surface area contributed by atoms with Crippen molar-refractivity contribution in [3.8, 4) is 5.75 Å². The molecule has 4 rings (SSSR count). The first-order valence-corrected chi connectivity index (χ1v) is 10.3. The van der Waals surface area contributed by atoms with Crippen molar-refractivity contribution in [1.29, 1.82) is 0 Å². The molecule has 0 saturated carbocycles. The fourth-order valence-electron chi connectivity index (χ4n) is 3.67. The Kier molecular flexibility index (Phi) is 5.97. The van der Waals surface area contributed by atoms with Crippen molar-refractivity contribution in [1.82, 2.24) is 14.8 Å². The third-order valence-electron chi connectivity index (χ3n) is 5.29. The highest BCUT2D eigenvalue weighted by molar-refractivity contribution is 6.02. The molecule has 1 N–H and O–H groups in total. The quantitative estimate of drug-likeness (QED) is 0.675. The Hall–Kier alpha value is -3.35. The molecule has 0 saturated heterocycles. The number of para-hydroxylation sites is 2. The summed E-state index contributed by atoms with van der Waals surface area (Å²) in [5.74, 6) is 2.26. The summed E-state index contributed by atoms with van der Waals surface area (Å²) < 4.78 is 7.50. The maximum Gasteiger partial charge on any atom is 0.326 e. The van der Waals surface area contributed by atoms with Gasteiger partial charge in [0.25, 0.3) is 0 Å². The predicted molar refractivity (Wildman–Crippen MR) is 117 cm³/mol. The predicted octanol–water partition coefficient (Wildman–Crippen LogP) is 4.56. The third-order valence-corrected chi connectivity index (χ3v) is 5.29. The zero-order chi connectivity index (χ0) is 20.9. The number of amides is 2. The van der Waals surface area contributed by atoms with Gasteiger partial charge in [0.15, 0.2) is 5.82 Å². The maximum absolute atomic E-state index is 13.3. The number of benzene rings is 2. The van der Waals surface area contributed by atoms with E-state index in [-0.39, 0.29) is 12.6 Å². The molecular weight excluding hydrogens is 378 g/mol. The fraction of sp³-hybridized carbons (Fsp3) is 0.348. The first-order valence-electron chi connectivity index (χ1n) is 10.3. The molecule has 0 fully saturated rings. The molecule has 0 aliphatic carbocycles. The Morgan fingerprint density at radius 1 is 1.13 bits per heavy atom. The molecule has 7 nitrogen and oxygen atoms in total. The van der Waals surface area contributed by atoms with Crippen LogP contribution in [0, 0.1) is 6.92 Å². The summed E-state index contributed by atoms with van der Waals surface area (Å²) in [5, 5.41) is 7.66. The normalized spacial score (nSPS) is 13.3. The van der Waals surface area contributed by atoms with Gasteiger partial charge in [-0.3, -0.25) is 4.90 Å². The number of nitrogens with one attached hydrogen (secondary N) is 1. The van der Waals surface area contributed by atoms with Gasteiger partial charge in [0.1, 0.15) is 11.6 Å². The van der Waals surface area contributed by atoms with Gasteiger partial charge in [0.05, 0.1) is 19.3 Å². The van der Waals surface area contributed by atoms with E-state index >= 15 is 0 Å². The number of carbonyl (C=O) groups excluding carboxylic acids is 1. The number of anilines is 2. The van der Waals surface area contributed by atoms with E-state index in [4.69, 9.17) is 9.72 Å². The van der Waals surface area contributed by atoms with Crippen LogP contribution in [-0.4, -0.2) is 27.9 Å². The van der Waals surface area contributed by atoms with Gasteiger partial charge in [0.2, 0.25) is 0 Å². The van der Waals surface area contributed by atoms with Crippen LogP contribution in [0.3, 0.4) is 0 Å². The zero-order valence-corrected chi connectivity index (χ0v) is 17.5. The van der Waals surface area contributed by atoms with E-state index < -0.39 is 0 Å². The number of methoxy groups -OCH3 is 1. The summed E-state index contributed by atoms with van der Waals surface area (Å²) in [4.78, 5) is 19.6. The second-order valence-electron chi connectivity index (χ2n) is 7.53. The SMILES string of the molecule is COc1ccccc1N(Cc1nc2n(n1)CCCCC2)C(=O)Nc1ccc(C)cc1. The van der Waals surface area contributed by atoms with E-state index in [2.05, 4.69) is 10.4 Å². The molecular formula is C23H27N5O2. The monoisotopic (exact) mass is 405 g/mol. The van der Waals surface area contributed by atoms with Crippen molar-refractivity contribution in [3.05, 3.63) is 65.7 Å². The smallest absolute Gasteiger partial charge is 0.326 e. The average Bonchev–Trinajstić information content (AvgIpc) is 3.02. The van der Waals surface area contributed by atoms with E-state index in [1.54, 1.807) is 12.0 Å². The van der Waals surface area contributed by atoms with Crippen LogP contribution < -0.4 is 15.0 Å². The zero-order valence-electron chi connectivity index (χ0n) is 17.5. The molecule has 1 aromatic heterocycles. The second-order valence-corrected chi connectivity index (χ2v) is 7.53. The van der Waals surface area contributed by atoms with Crippen LogP contribution in [0.2, 0.25) is 0 Å². The molecule has 156 valence electrons. The second kappa shape index (κ2) is 8.98. The Morgan fingerprint density at radius 2 is 1.93 bits per heavy atom. The molecule has 0 atom stereocenters. The van der Waals surface area contributed by atoms with E-state index in [0.717, 1.165) is 42.9 Å².